The molecule has 0 radical (unpaired) electrons. The lowest BCUT2D eigenvalue weighted by Crippen LogP contribution is -2.35. The van der Waals surface area contributed by atoms with Gasteiger partial charge < -0.3 is 20.1 Å². The van der Waals surface area contributed by atoms with E-state index in [4.69, 9.17) is 26.8 Å². The van der Waals surface area contributed by atoms with Crippen LogP contribution in [0.2, 0.25) is 5.02 Å². The summed E-state index contributed by atoms with van der Waals surface area (Å²) in [5.41, 5.74) is 11.1. The number of carbonyl (C=O) groups excluding carboxylic acids is 1. The lowest BCUT2D eigenvalue weighted by atomic mass is 10.1. The number of carbonyl (C=O) groups is 1. The number of fused-ring (bicyclic) bond motifs is 1. The second-order valence-electron chi connectivity index (χ2n) is 10.8. The highest BCUT2D eigenvalue weighted by Gasteiger charge is 2.23. The molecule has 0 aliphatic carbocycles. The molecule has 0 saturated carbocycles. The second kappa shape index (κ2) is 12.3. The van der Waals surface area contributed by atoms with Crippen molar-refractivity contribution in [1.29, 1.82) is 0 Å². The fourth-order valence-electron chi connectivity index (χ4n) is 5.41. The molecule has 1 saturated heterocycles. The zero-order valence-corrected chi connectivity index (χ0v) is 25.6. The highest BCUT2D eigenvalue weighted by molar-refractivity contribution is 7.80. The van der Waals surface area contributed by atoms with Gasteiger partial charge in [0.2, 0.25) is 5.91 Å². The van der Waals surface area contributed by atoms with Crippen LogP contribution in [0.3, 0.4) is 0 Å². The molecule has 1 amide bonds. The molecule has 8 nitrogen and oxygen atoms in total. The van der Waals surface area contributed by atoms with Gasteiger partial charge in [0.15, 0.2) is 0 Å². The normalized spacial score (nSPS) is 15.0. The Morgan fingerprint density at radius 1 is 1.07 bits per heavy atom. The Balaban J connectivity index is 1.31. The summed E-state index contributed by atoms with van der Waals surface area (Å²) in [7, 11) is 2.12. The van der Waals surface area contributed by atoms with E-state index >= 15 is 0 Å². The molecule has 1 aliphatic heterocycles. The number of nitrogens with two attached hydrogens (primary N) is 1. The molecule has 2 aromatic heterocycles. The summed E-state index contributed by atoms with van der Waals surface area (Å²) in [6.45, 7) is 3.88. The molecular weight excluding hydrogens is 582 g/mol. The van der Waals surface area contributed by atoms with Gasteiger partial charge in [0.1, 0.15) is 30.0 Å². The van der Waals surface area contributed by atoms with Gasteiger partial charge in [-0.15, -0.1) is 12.6 Å². The van der Waals surface area contributed by atoms with Gasteiger partial charge in [-0.3, -0.25) is 14.3 Å². The van der Waals surface area contributed by atoms with E-state index in [-0.39, 0.29) is 11.7 Å². The van der Waals surface area contributed by atoms with Crippen molar-refractivity contribution < 1.29 is 14.3 Å². The van der Waals surface area contributed by atoms with Crippen molar-refractivity contribution in [3.63, 3.8) is 0 Å². The van der Waals surface area contributed by atoms with Gasteiger partial charge in [-0.1, -0.05) is 35.9 Å². The SMILES string of the molecule is C[C@@H](Oc1cc(-n2cnc3cc(-c4cccnc4)ccc32)cc(C(N)=O)c1S)c1cccc(OC2CCN(C)CC2)c1Cl. The molecule has 1 aliphatic rings. The van der Waals surface area contributed by atoms with Crippen LogP contribution in [-0.4, -0.2) is 51.6 Å². The standard InChI is InChI=1S/C33H32ClN5O3S/c1-20(25-6-3-7-29(31(25)34)42-24-10-13-38(2)14-11-24)41-30-17-23(16-26(32(30)43)33(35)40)39-19-37-27-15-21(8-9-28(27)39)22-5-4-12-36-18-22/h3-9,12,15-20,24,43H,10-11,13-14H2,1-2H3,(H2,35,40)/t20-/m1/s1. The average molecular weight is 614 g/mol. The van der Waals surface area contributed by atoms with Crippen LogP contribution < -0.4 is 15.2 Å². The Labute approximate surface area is 260 Å². The first-order chi connectivity index (χ1) is 20.8. The number of hydrogen-bond acceptors (Lipinski definition) is 7. The highest BCUT2D eigenvalue weighted by atomic mass is 35.5. The van der Waals surface area contributed by atoms with Crippen LogP contribution in [0.15, 0.2) is 84.3 Å². The molecule has 3 heterocycles. The number of halogens is 1. The zero-order valence-electron chi connectivity index (χ0n) is 23.9. The van der Waals surface area contributed by atoms with Crippen molar-refractivity contribution in [3.8, 4) is 28.3 Å². The van der Waals surface area contributed by atoms with Gasteiger partial charge in [0.05, 0.1) is 32.2 Å². The lowest BCUT2D eigenvalue weighted by Gasteiger charge is -2.30. The molecule has 220 valence electrons. The molecule has 43 heavy (non-hydrogen) atoms. The number of ether oxygens (including phenoxy) is 2. The Morgan fingerprint density at radius 2 is 1.88 bits per heavy atom. The molecule has 0 spiro atoms. The number of hydrogen-bond donors (Lipinski definition) is 2. The molecule has 5 aromatic rings. The van der Waals surface area contributed by atoms with Gasteiger partial charge in [-0.05, 0) is 62.7 Å². The number of primary amides is 1. The quantitative estimate of drug-likeness (QED) is 0.188. The fraction of sp³-hybridized carbons (Fsp3) is 0.242. The van der Waals surface area contributed by atoms with Gasteiger partial charge in [-0.2, -0.15) is 0 Å². The Bertz CT molecular complexity index is 1790. The van der Waals surface area contributed by atoms with E-state index in [0.29, 0.717) is 27.1 Å². The topological polar surface area (TPSA) is 95.5 Å². The summed E-state index contributed by atoms with van der Waals surface area (Å²) in [5, 5.41) is 0.506. The number of pyridine rings is 1. The summed E-state index contributed by atoms with van der Waals surface area (Å²) in [4.78, 5) is 24.0. The molecule has 6 rings (SSSR count). The van der Waals surface area contributed by atoms with Gasteiger partial charge in [-0.25, -0.2) is 4.98 Å². The summed E-state index contributed by atoms with van der Waals surface area (Å²) in [6.07, 6.45) is 6.81. The van der Waals surface area contributed by atoms with Gasteiger partial charge in [0.25, 0.3) is 0 Å². The first-order valence-electron chi connectivity index (χ1n) is 14.1. The number of piperidine rings is 1. The third-order valence-electron chi connectivity index (χ3n) is 7.84. The minimum atomic E-state index is -0.612. The van der Waals surface area contributed by atoms with E-state index in [9.17, 15) is 4.79 Å². The number of aromatic nitrogens is 3. The predicted octanol–water partition coefficient (Wildman–Crippen LogP) is 6.74. The summed E-state index contributed by atoms with van der Waals surface area (Å²) in [6, 6.07) is 19.1. The largest absolute Gasteiger partial charge is 0.489 e. The minimum Gasteiger partial charge on any atom is -0.489 e. The van der Waals surface area contributed by atoms with E-state index in [0.717, 1.165) is 53.7 Å². The van der Waals surface area contributed by atoms with Crippen molar-refractivity contribution in [1.82, 2.24) is 19.4 Å². The Kier molecular flexibility index (Phi) is 8.30. The number of likely N-dealkylation sites (tertiary alicyclic amines) is 1. The molecular formula is C33H32ClN5O3S. The van der Waals surface area contributed by atoms with Crippen LogP contribution in [0.4, 0.5) is 0 Å². The van der Waals surface area contributed by atoms with E-state index in [2.05, 4.69) is 34.5 Å². The van der Waals surface area contributed by atoms with Crippen molar-refractivity contribution >= 4 is 41.2 Å². The second-order valence-corrected chi connectivity index (χ2v) is 11.6. The van der Waals surface area contributed by atoms with Crippen LogP contribution in [-0.2, 0) is 0 Å². The van der Waals surface area contributed by atoms with Crippen molar-refractivity contribution in [2.45, 2.75) is 36.9 Å². The van der Waals surface area contributed by atoms with Crippen LogP contribution in [0.25, 0.3) is 27.8 Å². The Morgan fingerprint density at radius 3 is 2.63 bits per heavy atom. The van der Waals surface area contributed by atoms with Crippen LogP contribution in [0.5, 0.6) is 11.5 Å². The number of thiol groups is 1. The summed E-state index contributed by atoms with van der Waals surface area (Å²) < 4.78 is 14.6. The lowest BCUT2D eigenvalue weighted by molar-refractivity contribution is 0.0996. The molecule has 2 N–H and O–H groups in total. The van der Waals surface area contributed by atoms with Gasteiger partial charge >= 0.3 is 0 Å². The van der Waals surface area contributed by atoms with E-state index in [1.54, 1.807) is 18.6 Å². The van der Waals surface area contributed by atoms with Crippen LogP contribution in [0, 0.1) is 0 Å². The minimum absolute atomic E-state index is 0.115. The molecule has 1 fully saturated rings. The number of imidazole rings is 1. The van der Waals surface area contributed by atoms with E-state index < -0.39 is 12.0 Å². The van der Waals surface area contributed by atoms with Crippen LogP contribution >= 0.6 is 24.2 Å². The summed E-state index contributed by atoms with van der Waals surface area (Å²) in [5.74, 6) is 0.422. The monoisotopic (exact) mass is 613 g/mol. The maximum absolute atomic E-state index is 12.5. The fourth-order valence-corrected chi connectivity index (χ4v) is 6.03. The maximum Gasteiger partial charge on any atom is 0.250 e. The van der Waals surface area contributed by atoms with Crippen molar-refractivity contribution in [2.24, 2.45) is 5.73 Å². The molecule has 0 bridgehead atoms. The maximum atomic E-state index is 12.5. The Hall–Kier alpha value is -4.05. The smallest absolute Gasteiger partial charge is 0.250 e. The molecule has 3 aromatic carbocycles. The first kappa shape index (κ1) is 29.0. The van der Waals surface area contributed by atoms with Crippen LogP contribution in [0.1, 0.15) is 41.8 Å². The number of benzene rings is 3. The number of rotatable bonds is 8. The number of nitrogens with zero attached hydrogens (tertiary/aromatic N) is 4. The third-order valence-corrected chi connectivity index (χ3v) is 8.71. The molecule has 1 atom stereocenters. The average Bonchev–Trinajstić information content (AvgIpc) is 3.44. The first-order valence-corrected chi connectivity index (χ1v) is 15.0. The molecule has 10 heteroatoms. The van der Waals surface area contributed by atoms with Crippen molar-refractivity contribution in [2.75, 3.05) is 20.1 Å². The number of amides is 1. The zero-order chi connectivity index (χ0) is 30.1. The third kappa shape index (κ3) is 6.06. The van der Waals surface area contributed by atoms with E-state index in [1.165, 1.54) is 0 Å². The summed E-state index contributed by atoms with van der Waals surface area (Å²) >= 11 is 11.5. The van der Waals surface area contributed by atoms with E-state index in [1.807, 2.05) is 72.3 Å². The predicted molar refractivity (Wildman–Crippen MR) is 172 cm³/mol. The molecule has 0 unspecified atom stereocenters. The highest BCUT2D eigenvalue weighted by Crippen LogP contribution is 2.38. The van der Waals surface area contributed by atoms with Gasteiger partial charge in [0, 0.05) is 42.7 Å². The van der Waals surface area contributed by atoms with Crippen molar-refractivity contribution in [3.05, 3.63) is 95.5 Å².